The lowest BCUT2D eigenvalue weighted by atomic mass is 10.2. The number of rotatable bonds is 2. The molecule has 3 heteroatoms. The van der Waals surface area contributed by atoms with E-state index in [2.05, 4.69) is 13.0 Å². The molecular weight excluding hydrogens is 206 g/mol. The summed E-state index contributed by atoms with van der Waals surface area (Å²) < 4.78 is 5.57. The van der Waals surface area contributed by atoms with Crippen LogP contribution in [0.4, 0.5) is 0 Å². The van der Waals surface area contributed by atoms with E-state index >= 15 is 0 Å². The molecule has 1 aromatic heterocycles. The second kappa shape index (κ2) is 4.16. The van der Waals surface area contributed by atoms with Crippen molar-refractivity contribution in [3.8, 4) is 16.9 Å². The third-order valence-corrected chi connectivity index (χ3v) is 2.64. The molecule has 0 N–H and O–H groups in total. The van der Waals surface area contributed by atoms with Gasteiger partial charge in [0.05, 0.1) is 11.6 Å². The van der Waals surface area contributed by atoms with Gasteiger partial charge in [0.2, 0.25) is 0 Å². The van der Waals surface area contributed by atoms with Gasteiger partial charge in [0.25, 0.3) is 0 Å². The standard InChI is InChI=1S/C12H8NOS/c1-9-5-6-12(15-9)14-11-4-2-3-10(7-11)8-13/h2-7H,1H2. The van der Waals surface area contributed by atoms with Crippen molar-refractivity contribution in [3.05, 3.63) is 53.8 Å². The Kier molecular flexibility index (Phi) is 2.70. The maximum atomic E-state index is 8.72. The Morgan fingerprint density at radius 3 is 2.80 bits per heavy atom. The monoisotopic (exact) mass is 214 g/mol. The SMILES string of the molecule is [CH2]c1ccc(Oc2cccc(C#N)c2)s1. The maximum absolute atomic E-state index is 8.72. The summed E-state index contributed by atoms with van der Waals surface area (Å²) in [5.41, 5.74) is 0.596. The third-order valence-electron chi connectivity index (χ3n) is 1.82. The van der Waals surface area contributed by atoms with E-state index in [-0.39, 0.29) is 0 Å². The van der Waals surface area contributed by atoms with Gasteiger partial charge in [0.15, 0.2) is 5.06 Å². The molecule has 0 saturated heterocycles. The first-order valence-corrected chi connectivity index (χ1v) is 5.19. The highest BCUT2D eigenvalue weighted by atomic mass is 32.1. The van der Waals surface area contributed by atoms with Crippen molar-refractivity contribution in [1.29, 1.82) is 5.26 Å². The van der Waals surface area contributed by atoms with E-state index in [0.717, 1.165) is 9.94 Å². The summed E-state index contributed by atoms with van der Waals surface area (Å²) in [5.74, 6) is 0.677. The molecule has 2 nitrogen and oxygen atoms in total. The smallest absolute Gasteiger partial charge is 0.181 e. The Bertz CT molecular complexity index is 510. The van der Waals surface area contributed by atoms with Crippen molar-refractivity contribution in [3.63, 3.8) is 0 Å². The number of thiophene rings is 1. The molecule has 73 valence electrons. The van der Waals surface area contributed by atoms with Gasteiger partial charge in [-0.05, 0) is 37.3 Å². The van der Waals surface area contributed by atoms with Gasteiger partial charge in [-0.25, -0.2) is 0 Å². The molecule has 1 heterocycles. The van der Waals surface area contributed by atoms with E-state index in [9.17, 15) is 0 Å². The van der Waals surface area contributed by atoms with Crippen LogP contribution in [-0.2, 0) is 0 Å². The summed E-state index contributed by atoms with van der Waals surface area (Å²) in [6, 6.07) is 12.9. The maximum Gasteiger partial charge on any atom is 0.181 e. The molecule has 15 heavy (non-hydrogen) atoms. The van der Waals surface area contributed by atoms with Crippen LogP contribution in [0.5, 0.6) is 10.8 Å². The van der Waals surface area contributed by atoms with Crippen LogP contribution in [0.1, 0.15) is 10.4 Å². The molecular formula is C12H8NOS. The molecule has 0 aliphatic heterocycles. The minimum absolute atomic E-state index is 0.596. The van der Waals surface area contributed by atoms with Crippen molar-refractivity contribution >= 4 is 11.3 Å². The highest BCUT2D eigenvalue weighted by Gasteiger charge is 2.00. The van der Waals surface area contributed by atoms with Crippen LogP contribution in [-0.4, -0.2) is 0 Å². The lowest BCUT2D eigenvalue weighted by Crippen LogP contribution is -1.81. The van der Waals surface area contributed by atoms with Crippen LogP contribution >= 0.6 is 11.3 Å². The minimum Gasteiger partial charge on any atom is -0.447 e. The van der Waals surface area contributed by atoms with E-state index in [0.29, 0.717) is 11.3 Å². The van der Waals surface area contributed by atoms with Gasteiger partial charge in [-0.2, -0.15) is 5.26 Å². The van der Waals surface area contributed by atoms with Crippen LogP contribution in [0.3, 0.4) is 0 Å². The summed E-state index contributed by atoms with van der Waals surface area (Å²) in [4.78, 5) is 0.960. The molecule has 1 aromatic carbocycles. The lowest BCUT2D eigenvalue weighted by Gasteiger charge is -2.01. The zero-order valence-corrected chi connectivity index (χ0v) is 8.75. The highest BCUT2D eigenvalue weighted by molar-refractivity contribution is 7.14. The van der Waals surface area contributed by atoms with E-state index in [1.165, 1.54) is 11.3 Å². The van der Waals surface area contributed by atoms with E-state index in [1.807, 2.05) is 18.2 Å². The van der Waals surface area contributed by atoms with Crippen molar-refractivity contribution < 1.29 is 4.74 Å². The topological polar surface area (TPSA) is 33.0 Å². The van der Waals surface area contributed by atoms with E-state index in [1.54, 1.807) is 18.2 Å². The van der Waals surface area contributed by atoms with Gasteiger partial charge in [-0.15, -0.1) is 11.3 Å². The molecule has 0 fully saturated rings. The van der Waals surface area contributed by atoms with Crippen LogP contribution in [0, 0.1) is 18.3 Å². The molecule has 0 aliphatic carbocycles. The van der Waals surface area contributed by atoms with Crippen molar-refractivity contribution in [1.82, 2.24) is 0 Å². The number of ether oxygens (including phenoxy) is 1. The van der Waals surface area contributed by atoms with Gasteiger partial charge in [-0.3, -0.25) is 0 Å². The van der Waals surface area contributed by atoms with E-state index in [4.69, 9.17) is 10.00 Å². The predicted octanol–water partition coefficient (Wildman–Crippen LogP) is 3.59. The Labute approximate surface area is 92.4 Å². The first-order valence-electron chi connectivity index (χ1n) is 4.38. The van der Waals surface area contributed by atoms with Gasteiger partial charge < -0.3 is 4.74 Å². The molecule has 2 aromatic rings. The fraction of sp³-hybridized carbons (Fsp3) is 0. The van der Waals surface area contributed by atoms with Gasteiger partial charge in [-0.1, -0.05) is 6.07 Å². The molecule has 0 atom stereocenters. The fourth-order valence-electron chi connectivity index (χ4n) is 1.16. The molecule has 0 spiro atoms. The van der Waals surface area contributed by atoms with Crippen molar-refractivity contribution in [2.75, 3.05) is 0 Å². The van der Waals surface area contributed by atoms with Crippen LogP contribution < -0.4 is 4.74 Å². The molecule has 0 amide bonds. The largest absolute Gasteiger partial charge is 0.447 e. The lowest BCUT2D eigenvalue weighted by molar-refractivity contribution is 0.496. The molecule has 0 aliphatic rings. The Hall–Kier alpha value is -1.79. The highest BCUT2D eigenvalue weighted by Crippen LogP contribution is 2.29. The normalized spacial score (nSPS) is 9.60. The molecule has 0 saturated carbocycles. The molecule has 1 radical (unpaired) electrons. The first-order chi connectivity index (χ1) is 7.28. The summed E-state index contributed by atoms with van der Waals surface area (Å²) in [5, 5.41) is 9.51. The van der Waals surface area contributed by atoms with Gasteiger partial charge >= 0.3 is 0 Å². The summed E-state index contributed by atoms with van der Waals surface area (Å²) in [6.45, 7) is 3.80. The zero-order valence-electron chi connectivity index (χ0n) is 7.93. The fourth-order valence-corrected chi connectivity index (χ4v) is 1.83. The number of nitriles is 1. The average molecular weight is 214 g/mol. The van der Waals surface area contributed by atoms with Gasteiger partial charge in [0, 0.05) is 4.88 Å². The third kappa shape index (κ3) is 2.36. The van der Waals surface area contributed by atoms with Crippen LogP contribution in [0.25, 0.3) is 0 Å². The van der Waals surface area contributed by atoms with Gasteiger partial charge in [0.1, 0.15) is 5.75 Å². The second-order valence-corrected chi connectivity index (χ2v) is 4.09. The summed E-state index contributed by atoms with van der Waals surface area (Å²) in [6.07, 6.45) is 0. The number of hydrogen-bond donors (Lipinski definition) is 0. The second-order valence-electron chi connectivity index (χ2n) is 2.96. The van der Waals surface area contributed by atoms with E-state index < -0.39 is 0 Å². The Morgan fingerprint density at radius 2 is 2.13 bits per heavy atom. The van der Waals surface area contributed by atoms with Crippen LogP contribution in [0.15, 0.2) is 36.4 Å². The molecule has 2 rings (SSSR count). The van der Waals surface area contributed by atoms with Crippen molar-refractivity contribution in [2.45, 2.75) is 0 Å². The molecule has 0 bridgehead atoms. The minimum atomic E-state index is 0.596. The predicted molar refractivity (Wildman–Crippen MR) is 60.0 cm³/mol. The Balaban J connectivity index is 2.21. The zero-order chi connectivity index (χ0) is 10.7. The number of hydrogen-bond acceptors (Lipinski definition) is 3. The number of nitrogens with zero attached hydrogens (tertiary/aromatic N) is 1. The first kappa shape index (κ1) is 9.75. The summed E-state index contributed by atoms with van der Waals surface area (Å²) >= 11 is 1.48. The average Bonchev–Trinajstić information content (AvgIpc) is 2.64. The number of benzene rings is 1. The molecule has 0 unspecified atom stereocenters. The summed E-state index contributed by atoms with van der Waals surface area (Å²) in [7, 11) is 0. The Morgan fingerprint density at radius 1 is 1.27 bits per heavy atom. The van der Waals surface area contributed by atoms with Crippen LogP contribution in [0.2, 0.25) is 0 Å². The van der Waals surface area contributed by atoms with Crippen molar-refractivity contribution in [2.24, 2.45) is 0 Å². The quantitative estimate of drug-likeness (QED) is 0.765.